The number of alkyl halides is 2. The van der Waals surface area contributed by atoms with Crippen LogP contribution in [0.25, 0.3) is 0 Å². The molecule has 0 aliphatic heterocycles. The van der Waals surface area contributed by atoms with Crippen molar-refractivity contribution in [3.8, 4) is 6.07 Å². The summed E-state index contributed by atoms with van der Waals surface area (Å²) >= 11 is 0. The maximum absolute atomic E-state index is 12.0. The first-order chi connectivity index (χ1) is 6.63. The second-order valence-electron chi connectivity index (χ2n) is 2.76. The lowest BCUT2D eigenvalue weighted by molar-refractivity contribution is 0.156. The van der Waals surface area contributed by atoms with E-state index in [9.17, 15) is 8.78 Å². The quantitative estimate of drug-likeness (QED) is 0.739. The molecule has 5 heteroatoms. The number of rotatable bonds is 3. The Morgan fingerprint density at radius 1 is 1.57 bits per heavy atom. The fraction of sp³-hybridized carbons (Fsp3) is 0.333. The number of nitriles is 1. The molecule has 0 aromatic carbocycles. The van der Waals surface area contributed by atoms with Gasteiger partial charge in [-0.3, -0.25) is 0 Å². The molecule has 1 heterocycles. The highest BCUT2D eigenvalue weighted by Gasteiger charge is 2.09. The third-order valence-electron chi connectivity index (χ3n) is 1.65. The van der Waals surface area contributed by atoms with E-state index in [0.717, 1.165) is 0 Å². The first kappa shape index (κ1) is 10.4. The summed E-state index contributed by atoms with van der Waals surface area (Å²) in [6.07, 6.45) is -2.41. The predicted molar refractivity (Wildman–Crippen MR) is 48.2 cm³/mol. The summed E-state index contributed by atoms with van der Waals surface area (Å²) in [4.78, 5) is 5.19. The Morgan fingerprint density at radius 2 is 2.29 bits per heavy atom. The van der Waals surface area contributed by atoms with Crippen molar-refractivity contribution in [3.05, 3.63) is 23.9 Å². The Kier molecular flexibility index (Phi) is 3.35. The van der Waals surface area contributed by atoms with Gasteiger partial charge < -0.3 is 4.90 Å². The van der Waals surface area contributed by atoms with E-state index in [0.29, 0.717) is 5.82 Å². The van der Waals surface area contributed by atoms with Crippen LogP contribution in [0, 0.1) is 11.3 Å². The molecule has 74 valence electrons. The van der Waals surface area contributed by atoms with Crippen molar-refractivity contribution in [1.29, 1.82) is 5.26 Å². The van der Waals surface area contributed by atoms with Crippen LogP contribution in [-0.2, 0) is 0 Å². The van der Waals surface area contributed by atoms with Gasteiger partial charge in [0.05, 0.1) is 6.54 Å². The number of halogens is 2. The van der Waals surface area contributed by atoms with Gasteiger partial charge in [-0.15, -0.1) is 0 Å². The fourth-order valence-electron chi connectivity index (χ4n) is 0.999. The summed E-state index contributed by atoms with van der Waals surface area (Å²) < 4.78 is 24.0. The van der Waals surface area contributed by atoms with Crippen molar-refractivity contribution >= 4 is 5.82 Å². The molecule has 0 N–H and O–H groups in total. The van der Waals surface area contributed by atoms with E-state index in [1.807, 2.05) is 6.07 Å². The molecule has 1 aromatic heterocycles. The van der Waals surface area contributed by atoms with Crippen LogP contribution in [0.15, 0.2) is 18.2 Å². The van der Waals surface area contributed by atoms with E-state index in [-0.39, 0.29) is 12.2 Å². The predicted octanol–water partition coefficient (Wildman–Crippen LogP) is 1.65. The van der Waals surface area contributed by atoms with E-state index >= 15 is 0 Å². The van der Waals surface area contributed by atoms with Gasteiger partial charge in [-0.25, -0.2) is 13.8 Å². The highest BCUT2D eigenvalue weighted by Crippen LogP contribution is 2.10. The number of nitrogens with zero attached hydrogens (tertiary/aromatic N) is 3. The summed E-state index contributed by atoms with van der Waals surface area (Å²) in [7, 11) is 1.51. The minimum atomic E-state index is -2.41. The first-order valence-electron chi connectivity index (χ1n) is 4.00. The molecule has 1 aromatic rings. The zero-order valence-electron chi connectivity index (χ0n) is 7.61. The second kappa shape index (κ2) is 4.51. The Morgan fingerprint density at radius 3 is 2.86 bits per heavy atom. The molecule has 0 aliphatic carbocycles. The summed E-state index contributed by atoms with van der Waals surface area (Å²) in [6, 6.07) is 6.58. The normalized spacial score (nSPS) is 9.93. The van der Waals surface area contributed by atoms with Crippen molar-refractivity contribution in [2.45, 2.75) is 6.43 Å². The lowest BCUT2D eigenvalue weighted by atomic mass is 10.3. The molecule has 0 spiro atoms. The van der Waals surface area contributed by atoms with E-state index in [4.69, 9.17) is 5.26 Å². The zero-order chi connectivity index (χ0) is 10.6. The summed E-state index contributed by atoms with van der Waals surface area (Å²) in [5, 5.41) is 8.55. The monoisotopic (exact) mass is 197 g/mol. The molecule has 0 atom stereocenters. The van der Waals surface area contributed by atoms with Crippen LogP contribution in [0.4, 0.5) is 14.6 Å². The molecule has 1 rings (SSSR count). The maximum atomic E-state index is 12.0. The molecule has 0 amide bonds. The van der Waals surface area contributed by atoms with Gasteiger partial charge in [0.2, 0.25) is 0 Å². The van der Waals surface area contributed by atoms with Crippen LogP contribution in [0.5, 0.6) is 0 Å². The van der Waals surface area contributed by atoms with Crippen molar-refractivity contribution in [3.63, 3.8) is 0 Å². The maximum Gasteiger partial charge on any atom is 0.255 e. The molecule has 0 saturated heterocycles. The molecule has 0 radical (unpaired) electrons. The molecule has 0 aliphatic rings. The van der Waals surface area contributed by atoms with Gasteiger partial charge in [0.25, 0.3) is 6.43 Å². The van der Waals surface area contributed by atoms with E-state index in [1.165, 1.54) is 18.0 Å². The minimum Gasteiger partial charge on any atom is -0.354 e. The first-order valence-corrected chi connectivity index (χ1v) is 4.00. The molecular formula is C9H9F2N3. The summed E-state index contributed by atoms with van der Waals surface area (Å²) in [6.45, 7) is -0.387. The molecule has 0 unspecified atom stereocenters. The summed E-state index contributed by atoms with van der Waals surface area (Å²) in [5.41, 5.74) is 0.226. The average Bonchev–Trinajstić information content (AvgIpc) is 2.17. The Hall–Kier alpha value is -1.70. The van der Waals surface area contributed by atoms with Crippen molar-refractivity contribution in [1.82, 2.24) is 4.98 Å². The molecule has 0 bridgehead atoms. The Bertz CT molecular complexity index is 346. The van der Waals surface area contributed by atoms with Crippen LogP contribution in [-0.4, -0.2) is 25.0 Å². The number of aromatic nitrogens is 1. The van der Waals surface area contributed by atoms with Gasteiger partial charge in [-0.05, 0) is 12.1 Å². The fourth-order valence-corrected chi connectivity index (χ4v) is 0.999. The van der Waals surface area contributed by atoms with E-state index in [2.05, 4.69) is 4.98 Å². The van der Waals surface area contributed by atoms with Gasteiger partial charge in [-0.2, -0.15) is 5.26 Å². The van der Waals surface area contributed by atoms with Crippen molar-refractivity contribution in [2.75, 3.05) is 18.5 Å². The molecular weight excluding hydrogens is 188 g/mol. The zero-order valence-corrected chi connectivity index (χ0v) is 7.61. The average molecular weight is 197 g/mol. The highest BCUT2D eigenvalue weighted by atomic mass is 19.3. The van der Waals surface area contributed by atoms with Crippen LogP contribution in [0.1, 0.15) is 5.69 Å². The van der Waals surface area contributed by atoms with Crippen LogP contribution in [0.3, 0.4) is 0 Å². The number of anilines is 1. The minimum absolute atomic E-state index is 0.226. The van der Waals surface area contributed by atoms with Crippen LogP contribution in [0.2, 0.25) is 0 Å². The van der Waals surface area contributed by atoms with Crippen LogP contribution < -0.4 is 4.90 Å². The van der Waals surface area contributed by atoms with Gasteiger partial charge in [0.15, 0.2) is 0 Å². The van der Waals surface area contributed by atoms with E-state index in [1.54, 1.807) is 12.1 Å². The SMILES string of the molecule is CN(CC(F)F)c1cccc(C#N)n1. The smallest absolute Gasteiger partial charge is 0.255 e. The largest absolute Gasteiger partial charge is 0.354 e. The summed E-state index contributed by atoms with van der Waals surface area (Å²) in [5.74, 6) is 0.379. The number of hydrogen-bond donors (Lipinski definition) is 0. The number of hydrogen-bond acceptors (Lipinski definition) is 3. The second-order valence-corrected chi connectivity index (χ2v) is 2.76. The topological polar surface area (TPSA) is 39.9 Å². The lowest BCUT2D eigenvalue weighted by Gasteiger charge is -2.17. The van der Waals surface area contributed by atoms with Gasteiger partial charge >= 0.3 is 0 Å². The van der Waals surface area contributed by atoms with Crippen LogP contribution >= 0.6 is 0 Å². The van der Waals surface area contributed by atoms with Crippen molar-refractivity contribution in [2.24, 2.45) is 0 Å². The molecule has 14 heavy (non-hydrogen) atoms. The highest BCUT2D eigenvalue weighted by molar-refractivity contribution is 5.40. The van der Waals surface area contributed by atoms with Gasteiger partial charge in [0.1, 0.15) is 17.6 Å². The van der Waals surface area contributed by atoms with Crippen molar-refractivity contribution < 1.29 is 8.78 Å². The van der Waals surface area contributed by atoms with Gasteiger partial charge in [0, 0.05) is 7.05 Å². The molecule has 0 saturated carbocycles. The Balaban J connectivity index is 2.80. The third-order valence-corrected chi connectivity index (χ3v) is 1.65. The standard InChI is InChI=1S/C9H9F2N3/c1-14(6-8(10)11)9-4-2-3-7(5-12)13-9/h2-4,8H,6H2,1H3. The third kappa shape index (κ3) is 2.66. The lowest BCUT2D eigenvalue weighted by Crippen LogP contribution is -2.24. The Labute approximate surface area is 80.6 Å². The van der Waals surface area contributed by atoms with E-state index < -0.39 is 6.43 Å². The molecule has 3 nitrogen and oxygen atoms in total. The number of pyridine rings is 1. The van der Waals surface area contributed by atoms with Gasteiger partial charge in [-0.1, -0.05) is 6.07 Å². The molecule has 0 fully saturated rings.